The van der Waals surface area contributed by atoms with Crippen molar-refractivity contribution in [3.63, 3.8) is 0 Å². The molecule has 0 saturated carbocycles. The predicted octanol–water partition coefficient (Wildman–Crippen LogP) is 3.53. The number of piperidine rings is 1. The molecule has 1 heterocycles. The van der Waals surface area contributed by atoms with Gasteiger partial charge in [-0.1, -0.05) is 48.9 Å². The van der Waals surface area contributed by atoms with E-state index < -0.39 is 10.0 Å². The van der Waals surface area contributed by atoms with Gasteiger partial charge in [0, 0.05) is 13.1 Å². The predicted molar refractivity (Wildman–Crippen MR) is 84.5 cm³/mol. The third-order valence-corrected chi connectivity index (χ3v) is 5.83. The Hall–Kier alpha value is -1.65. The first-order valence-electron chi connectivity index (χ1n) is 7.33. The van der Waals surface area contributed by atoms with Crippen molar-refractivity contribution in [1.29, 1.82) is 0 Å². The van der Waals surface area contributed by atoms with Crippen LogP contribution in [0.3, 0.4) is 0 Å². The highest BCUT2D eigenvalue weighted by Crippen LogP contribution is 2.24. The van der Waals surface area contributed by atoms with Gasteiger partial charge in [0.15, 0.2) is 0 Å². The first-order chi connectivity index (χ1) is 10.2. The van der Waals surface area contributed by atoms with Gasteiger partial charge in [0.05, 0.1) is 4.90 Å². The maximum Gasteiger partial charge on any atom is 0.243 e. The molecule has 0 aromatic heterocycles. The van der Waals surface area contributed by atoms with Crippen LogP contribution in [0.4, 0.5) is 0 Å². The van der Waals surface area contributed by atoms with Crippen molar-refractivity contribution in [2.75, 3.05) is 13.1 Å². The summed E-state index contributed by atoms with van der Waals surface area (Å²) in [5.41, 5.74) is 2.13. The van der Waals surface area contributed by atoms with Gasteiger partial charge >= 0.3 is 0 Å². The summed E-state index contributed by atoms with van der Waals surface area (Å²) in [5, 5.41) is 0. The molecule has 3 rings (SSSR count). The minimum atomic E-state index is -3.33. The van der Waals surface area contributed by atoms with E-state index in [0.29, 0.717) is 18.0 Å². The molecule has 1 aliphatic heterocycles. The van der Waals surface area contributed by atoms with E-state index in [2.05, 4.69) is 0 Å². The second kappa shape index (κ2) is 6.00. The maximum atomic E-state index is 12.6. The first kappa shape index (κ1) is 14.3. The van der Waals surface area contributed by atoms with Crippen molar-refractivity contribution < 1.29 is 8.42 Å². The molecule has 1 saturated heterocycles. The molecule has 0 spiro atoms. The molecule has 0 radical (unpaired) electrons. The Bertz CT molecular complexity index is 687. The van der Waals surface area contributed by atoms with Crippen LogP contribution >= 0.6 is 0 Å². The van der Waals surface area contributed by atoms with Gasteiger partial charge in [0.2, 0.25) is 10.0 Å². The Morgan fingerprint density at radius 2 is 1.29 bits per heavy atom. The van der Waals surface area contributed by atoms with E-state index in [4.69, 9.17) is 0 Å². The first-order valence-corrected chi connectivity index (χ1v) is 8.77. The zero-order chi connectivity index (χ0) is 14.7. The van der Waals surface area contributed by atoms with Crippen LogP contribution < -0.4 is 0 Å². The fourth-order valence-corrected chi connectivity index (χ4v) is 4.22. The van der Waals surface area contributed by atoms with Crippen molar-refractivity contribution in [1.82, 2.24) is 4.31 Å². The lowest BCUT2D eigenvalue weighted by Crippen LogP contribution is -2.35. The maximum absolute atomic E-state index is 12.6. The van der Waals surface area contributed by atoms with Crippen LogP contribution in [0.25, 0.3) is 11.1 Å². The molecule has 2 aromatic rings. The topological polar surface area (TPSA) is 37.4 Å². The van der Waals surface area contributed by atoms with Crippen LogP contribution in [0, 0.1) is 0 Å². The average molecular weight is 301 g/mol. The number of sulfonamides is 1. The molecule has 0 atom stereocenters. The average Bonchev–Trinajstić information content (AvgIpc) is 2.57. The summed E-state index contributed by atoms with van der Waals surface area (Å²) in [4.78, 5) is 0.393. The van der Waals surface area contributed by atoms with Crippen molar-refractivity contribution in [2.24, 2.45) is 0 Å². The van der Waals surface area contributed by atoms with E-state index in [1.807, 2.05) is 42.5 Å². The lowest BCUT2D eigenvalue weighted by molar-refractivity contribution is 0.346. The summed E-state index contributed by atoms with van der Waals surface area (Å²) >= 11 is 0. The molecule has 1 aliphatic rings. The van der Waals surface area contributed by atoms with Crippen LogP contribution in [0.1, 0.15) is 19.3 Å². The second-order valence-electron chi connectivity index (χ2n) is 5.36. The van der Waals surface area contributed by atoms with Gasteiger partial charge in [-0.2, -0.15) is 4.31 Å². The summed E-state index contributed by atoms with van der Waals surface area (Å²) in [7, 11) is -3.33. The Morgan fingerprint density at radius 1 is 0.714 bits per heavy atom. The molecule has 3 nitrogen and oxygen atoms in total. The SMILES string of the molecule is O=S(=O)(c1ccc(-c2ccccc2)cc1)N1CCCCC1. The Balaban J connectivity index is 1.87. The minimum absolute atomic E-state index is 0.393. The smallest absolute Gasteiger partial charge is 0.207 e. The third-order valence-electron chi connectivity index (χ3n) is 3.91. The van der Waals surface area contributed by atoms with Gasteiger partial charge in [-0.3, -0.25) is 0 Å². The Kier molecular flexibility index (Phi) is 4.08. The molecule has 0 amide bonds. The van der Waals surface area contributed by atoms with Gasteiger partial charge < -0.3 is 0 Å². The van der Waals surface area contributed by atoms with Gasteiger partial charge in [-0.25, -0.2) is 8.42 Å². The molecular formula is C17H19NO2S. The molecule has 4 heteroatoms. The fraction of sp³-hybridized carbons (Fsp3) is 0.294. The molecule has 21 heavy (non-hydrogen) atoms. The van der Waals surface area contributed by atoms with Crippen molar-refractivity contribution >= 4 is 10.0 Å². The standard InChI is InChI=1S/C17H19NO2S/c19-21(20,18-13-5-2-6-14-18)17-11-9-16(10-12-17)15-7-3-1-4-8-15/h1,3-4,7-12H,2,5-6,13-14H2. The number of benzene rings is 2. The summed E-state index contributed by atoms with van der Waals surface area (Å²) in [6.07, 6.45) is 3.04. The van der Waals surface area contributed by atoms with E-state index in [1.165, 1.54) is 0 Å². The van der Waals surface area contributed by atoms with Crippen LogP contribution in [0.5, 0.6) is 0 Å². The molecule has 1 fully saturated rings. The number of nitrogens with zero attached hydrogens (tertiary/aromatic N) is 1. The summed E-state index contributed by atoms with van der Waals surface area (Å²) in [5.74, 6) is 0. The van der Waals surface area contributed by atoms with Crippen molar-refractivity contribution in [3.05, 3.63) is 54.6 Å². The van der Waals surface area contributed by atoms with Gasteiger partial charge in [0.25, 0.3) is 0 Å². The largest absolute Gasteiger partial charge is 0.243 e. The highest BCUT2D eigenvalue weighted by Gasteiger charge is 2.25. The van der Waals surface area contributed by atoms with Crippen LogP contribution in [-0.4, -0.2) is 25.8 Å². The van der Waals surface area contributed by atoms with E-state index in [9.17, 15) is 8.42 Å². The quantitative estimate of drug-likeness (QED) is 0.869. The van der Waals surface area contributed by atoms with Gasteiger partial charge in [-0.05, 0) is 36.1 Å². The molecule has 0 bridgehead atoms. The van der Waals surface area contributed by atoms with E-state index in [1.54, 1.807) is 16.4 Å². The van der Waals surface area contributed by atoms with E-state index in [0.717, 1.165) is 30.4 Å². The van der Waals surface area contributed by atoms with E-state index in [-0.39, 0.29) is 0 Å². The number of hydrogen-bond acceptors (Lipinski definition) is 2. The van der Waals surface area contributed by atoms with Crippen molar-refractivity contribution in [2.45, 2.75) is 24.2 Å². The van der Waals surface area contributed by atoms with Crippen LogP contribution in [0.15, 0.2) is 59.5 Å². The summed E-state index contributed by atoms with van der Waals surface area (Å²) in [6.45, 7) is 1.28. The van der Waals surface area contributed by atoms with Gasteiger partial charge in [-0.15, -0.1) is 0 Å². The summed E-state index contributed by atoms with van der Waals surface area (Å²) < 4.78 is 26.7. The summed E-state index contributed by atoms with van der Waals surface area (Å²) in [6, 6.07) is 17.2. The Morgan fingerprint density at radius 3 is 1.90 bits per heavy atom. The number of hydrogen-bond donors (Lipinski definition) is 0. The highest BCUT2D eigenvalue weighted by molar-refractivity contribution is 7.89. The van der Waals surface area contributed by atoms with Crippen molar-refractivity contribution in [3.8, 4) is 11.1 Å². The lowest BCUT2D eigenvalue weighted by atomic mass is 10.1. The van der Waals surface area contributed by atoms with Crippen LogP contribution in [-0.2, 0) is 10.0 Å². The highest BCUT2D eigenvalue weighted by atomic mass is 32.2. The lowest BCUT2D eigenvalue weighted by Gasteiger charge is -2.25. The molecule has 110 valence electrons. The molecule has 0 N–H and O–H groups in total. The second-order valence-corrected chi connectivity index (χ2v) is 7.29. The molecule has 0 aliphatic carbocycles. The van der Waals surface area contributed by atoms with E-state index >= 15 is 0 Å². The minimum Gasteiger partial charge on any atom is -0.207 e. The third kappa shape index (κ3) is 3.01. The van der Waals surface area contributed by atoms with Crippen LogP contribution in [0.2, 0.25) is 0 Å². The molecule has 2 aromatic carbocycles. The zero-order valence-electron chi connectivity index (χ0n) is 11.9. The number of rotatable bonds is 3. The Labute approximate surface area is 126 Å². The molecular weight excluding hydrogens is 282 g/mol. The van der Waals surface area contributed by atoms with Gasteiger partial charge in [0.1, 0.15) is 0 Å². The fourth-order valence-electron chi connectivity index (χ4n) is 2.70. The molecule has 0 unspecified atom stereocenters. The monoisotopic (exact) mass is 301 g/mol. The normalized spacial score (nSPS) is 16.8. The zero-order valence-corrected chi connectivity index (χ0v) is 12.7.